The maximum atomic E-state index is 13.8. The number of ether oxygens (including phenoxy) is 1. The van der Waals surface area contributed by atoms with E-state index >= 15 is 0 Å². The Hall–Kier alpha value is -2.87. The lowest BCUT2D eigenvalue weighted by Crippen LogP contribution is -2.29. The van der Waals surface area contributed by atoms with Crippen LogP contribution in [0.5, 0.6) is 5.75 Å². The minimum absolute atomic E-state index is 0.125. The van der Waals surface area contributed by atoms with Gasteiger partial charge < -0.3 is 9.84 Å². The summed E-state index contributed by atoms with van der Waals surface area (Å²) in [6, 6.07) is 14.0. The molecule has 4 rings (SSSR count). The van der Waals surface area contributed by atoms with Gasteiger partial charge in [-0.05, 0) is 70.0 Å². The van der Waals surface area contributed by atoms with Crippen molar-refractivity contribution in [1.29, 1.82) is 0 Å². The fraction of sp³-hybridized carbons (Fsp3) is 0.0833. The molecule has 1 heterocycles. The standard InChI is InChI=1S/C24H15BrCl2FNO4/c1-33-19-9-4-13(10-16(19)25)22(30)20-21(12-2-5-14(26)6-3-12)29(24(32)23(20)31)15-7-8-18(28)17(27)11-15/h2-11,21,30H,1H3/b22-20+. The molecule has 1 aliphatic rings. The molecule has 0 bridgehead atoms. The second-order valence-corrected chi connectivity index (χ2v) is 8.87. The van der Waals surface area contributed by atoms with Crippen molar-refractivity contribution in [2.45, 2.75) is 6.04 Å². The van der Waals surface area contributed by atoms with Gasteiger partial charge in [0.1, 0.15) is 17.3 Å². The Morgan fingerprint density at radius 3 is 2.36 bits per heavy atom. The van der Waals surface area contributed by atoms with Gasteiger partial charge in [0.05, 0.1) is 28.2 Å². The monoisotopic (exact) mass is 549 g/mol. The predicted octanol–water partition coefficient (Wildman–Crippen LogP) is 6.53. The summed E-state index contributed by atoms with van der Waals surface area (Å²) in [5.41, 5.74) is 0.906. The Balaban J connectivity index is 1.94. The molecule has 3 aromatic carbocycles. The Kier molecular flexibility index (Phi) is 6.47. The van der Waals surface area contributed by atoms with Crippen molar-refractivity contribution >= 4 is 62.3 Å². The first-order valence-electron chi connectivity index (χ1n) is 9.58. The third-order valence-electron chi connectivity index (χ3n) is 5.24. The molecule has 0 spiro atoms. The molecule has 1 aliphatic heterocycles. The Labute approximate surface area is 207 Å². The number of Topliss-reactive ketones (excluding diaryl/α,β-unsaturated/α-hetero) is 1. The number of methoxy groups -OCH3 is 1. The molecule has 1 atom stereocenters. The number of anilines is 1. The van der Waals surface area contributed by atoms with E-state index in [1.54, 1.807) is 42.5 Å². The molecule has 1 fully saturated rings. The highest BCUT2D eigenvalue weighted by atomic mass is 79.9. The zero-order valence-corrected chi connectivity index (χ0v) is 20.1. The highest BCUT2D eigenvalue weighted by Gasteiger charge is 2.47. The van der Waals surface area contributed by atoms with Crippen molar-refractivity contribution in [2.24, 2.45) is 0 Å². The number of halogens is 4. The molecule has 1 N–H and O–H groups in total. The maximum absolute atomic E-state index is 13.8. The second-order valence-electron chi connectivity index (χ2n) is 7.17. The molecule has 0 aromatic heterocycles. The van der Waals surface area contributed by atoms with Crippen molar-refractivity contribution < 1.29 is 23.8 Å². The van der Waals surface area contributed by atoms with Crippen molar-refractivity contribution in [3.8, 4) is 5.75 Å². The Bertz CT molecular complexity index is 1310. The number of amides is 1. The molecular formula is C24H15BrCl2FNO4. The second kappa shape index (κ2) is 9.17. The summed E-state index contributed by atoms with van der Waals surface area (Å²) < 4.78 is 19.5. The van der Waals surface area contributed by atoms with Crippen LogP contribution >= 0.6 is 39.1 Å². The van der Waals surface area contributed by atoms with Gasteiger partial charge in [-0.15, -0.1) is 0 Å². The number of carbonyl (C=O) groups is 2. The number of hydrogen-bond acceptors (Lipinski definition) is 4. The van der Waals surface area contributed by atoms with Gasteiger partial charge in [0, 0.05) is 16.3 Å². The highest BCUT2D eigenvalue weighted by Crippen LogP contribution is 2.43. The molecule has 168 valence electrons. The van der Waals surface area contributed by atoms with E-state index in [0.717, 1.165) is 6.07 Å². The van der Waals surface area contributed by atoms with E-state index in [1.807, 2.05) is 0 Å². The summed E-state index contributed by atoms with van der Waals surface area (Å²) in [4.78, 5) is 27.4. The first kappa shape index (κ1) is 23.3. The zero-order valence-electron chi connectivity index (χ0n) is 17.0. The number of nitrogens with zero attached hydrogens (tertiary/aromatic N) is 1. The Morgan fingerprint density at radius 2 is 1.76 bits per heavy atom. The van der Waals surface area contributed by atoms with Crippen molar-refractivity contribution in [1.82, 2.24) is 0 Å². The third kappa shape index (κ3) is 4.24. The zero-order chi connectivity index (χ0) is 23.9. The van der Waals surface area contributed by atoms with E-state index < -0.39 is 23.5 Å². The van der Waals surface area contributed by atoms with E-state index in [2.05, 4.69) is 15.9 Å². The van der Waals surface area contributed by atoms with Crippen LogP contribution in [0.2, 0.25) is 10.0 Å². The number of benzene rings is 3. The fourth-order valence-corrected chi connectivity index (χ4v) is 4.50. The van der Waals surface area contributed by atoms with E-state index in [9.17, 15) is 19.1 Å². The molecule has 1 unspecified atom stereocenters. The maximum Gasteiger partial charge on any atom is 0.300 e. The molecule has 1 saturated heterocycles. The summed E-state index contributed by atoms with van der Waals surface area (Å²) in [5.74, 6) is -2.27. The van der Waals surface area contributed by atoms with Gasteiger partial charge in [0.15, 0.2) is 0 Å². The van der Waals surface area contributed by atoms with Gasteiger partial charge in [-0.3, -0.25) is 14.5 Å². The van der Waals surface area contributed by atoms with Crippen LogP contribution in [0.25, 0.3) is 5.76 Å². The molecule has 33 heavy (non-hydrogen) atoms. The number of ketones is 1. The molecule has 0 radical (unpaired) electrons. The number of aliphatic hydroxyl groups is 1. The first-order valence-corrected chi connectivity index (χ1v) is 11.1. The van der Waals surface area contributed by atoms with E-state index in [-0.39, 0.29) is 22.0 Å². The minimum atomic E-state index is -0.996. The fourth-order valence-electron chi connectivity index (χ4n) is 3.66. The molecular weight excluding hydrogens is 536 g/mol. The lowest BCUT2D eigenvalue weighted by Gasteiger charge is -2.25. The van der Waals surface area contributed by atoms with Crippen LogP contribution in [-0.4, -0.2) is 23.9 Å². The van der Waals surface area contributed by atoms with Gasteiger partial charge in [-0.25, -0.2) is 4.39 Å². The summed E-state index contributed by atoms with van der Waals surface area (Å²) in [6.45, 7) is 0. The molecule has 0 aliphatic carbocycles. The van der Waals surface area contributed by atoms with Gasteiger partial charge in [0.25, 0.3) is 11.7 Å². The first-order chi connectivity index (χ1) is 15.7. The summed E-state index contributed by atoms with van der Waals surface area (Å²) in [7, 11) is 1.50. The van der Waals surface area contributed by atoms with Gasteiger partial charge in [-0.1, -0.05) is 35.3 Å². The average molecular weight is 551 g/mol. The lowest BCUT2D eigenvalue weighted by molar-refractivity contribution is -0.132. The Morgan fingerprint density at radius 1 is 1.06 bits per heavy atom. The summed E-state index contributed by atoms with van der Waals surface area (Å²) in [6.07, 6.45) is 0. The van der Waals surface area contributed by atoms with Crippen LogP contribution in [0.3, 0.4) is 0 Å². The number of aliphatic hydroxyl groups excluding tert-OH is 1. The molecule has 1 amide bonds. The number of rotatable bonds is 4. The summed E-state index contributed by atoms with van der Waals surface area (Å²) >= 11 is 15.3. The molecule has 5 nitrogen and oxygen atoms in total. The van der Waals surface area contributed by atoms with Crippen LogP contribution in [0.4, 0.5) is 10.1 Å². The van der Waals surface area contributed by atoms with Crippen LogP contribution in [0.15, 0.2) is 70.7 Å². The lowest BCUT2D eigenvalue weighted by atomic mass is 9.95. The smallest absolute Gasteiger partial charge is 0.300 e. The van der Waals surface area contributed by atoms with Gasteiger partial charge in [0.2, 0.25) is 0 Å². The average Bonchev–Trinajstić information content (AvgIpc) is 3.06. The molecule has 0 saturated carbocycles. The minimum Gasteiger partial charge on any atom is -0.507 e. The molecule has 3 aromatic rings. The number of carbonyl (C=O) groups excluding carboxylic acids is 2. The largest absolute Gasteiger partial charge is 0.507 e. The van der Waals surface area contributed by atoms with E-state index in [4.69, 9.17) is 27.9 Å². The SMILES string of the molecule is COc1ccc(/C(O)=C2\C(=O)C(=O)N(c3ccc(F)c(Cl)c3)C2c2ccc(Cl)cc2)cc1Br. The normalized spacial score (nSPS) is 17.5. The van der Waals surface area contributed by atoms with Crippen LogP contribution < -0.4 is 9.64 Å². The topological polar surface area (TPSA) is 66.8 Å². The van der Waals surface area contributed by atoms with Crippen molar-refractivity contribution in [3.63, 3.8) is 0 Å². The van der Waals surface area contributed by atoms with Gasteiger partial charge in [-0.2, -0.15) is 0 Å². The quantitative estimate of drug-likeness (QED) is 0.228. The van der Waals surface area contributed by atoms with Crippen LogP contribution in [0, 0.1) is 5.82 Å². The van der Waals surface area contributed by atoms with E-state index in [1.165, 1.54) is 24.1 Å². The van der Waals surface area contributed by atoms with Crippen molar-refractivity contribution in [2.75, 3.05) is 12.0 Å². The highest BCUT2D eigenvalue weighted by molar-refractivity contribution is 9.10. The predicted molar refractivity (Wildman–Crippen MR) is 128 cm³/mol. The summed E-state index contributed by atoms with van der Waals surface area (Å²) in [5, 5.41) is 11.4. The van der Waals surface area contributed by atoms with Crippen LogP contribution in [0.1, 0.15) is 17.2 Å². The van der Waals surface area contributed by atoms with E-state index in [0.29, 0.717) is 26.4 Å². The molecule has 9 heteroatoms. The third-order valence-corrected chi connectivity index (χ3v) is 6.40. The number of hydrogen-bond donors (Lipinski definition) is 1. The van der Waals surface area contributed by atoms with Gasteiger partial charge >= 0.3 is 0 Å². The van der Waals surface area contributed by atoms with Crippen molar-refractivity contribution in [3.05, 3.63) is 97.7 Å². The van der Waals surface area contributed by atoms with Crippen LogP contribution in [-0.2, 0) is 9.59 Å².